The van der Waals surface area contributed by atoms with Crippen molar-refractivity contribution in [1.82, 2.24) is 4.57 Å². The van der Waals surface area contributed by atoms with E-state index >= 15 is 0 Å². The van der Waals surface area contributed by atoms with Crippen molar-refractivity contribution in [3.05, 3.63) is 42.1 Å². The van der Waals surface area contributed by atoms with Gasteiger partial charge in [0.15, 0.2) is 0 Å². The zero-order valence-corrected chi connectivity index (χ0v) is 8.96. The van der Waals surface area contributed by atoms with E-state index in [9.17, 15) is 0 Å². The summed E-state index contributed by atoms with van der Waals surface area (Å²) in [5, 5.41) is 1.30. The first-order valence-electron chi connectivity index (χ1n) is 4.81. The third-order valence-corrected chi connectivity index (χ3v) is 2.64. The second-order valence-corrected chi connectivity index (χ2v) is 3.93. The van der Waals surface area contributed by atoms with Crippen LogP contribution in [0, 0.1) is 6.92 Å². The lowest BCUT2D eigenvalue weighted by atomic mass is 10.2. The van der Waals surface area contributed by atoms with Crippen LogP contribution in [0.15, 0.2) is 30.8 Å². The third kappa shape index (κ3) is 1.25. The number of benzene rings is 1. The molecule has 14 heavy (non-hydrogen) atoms. The highest BCUT2D eigenvalue weighted by atomic mass is 14.9. The zero-order valence-electron chi connectivity index (χ0n) is 8.96. The van der Waals surface area contributed by atoms with Crippen molar-refractivity contribution in [1.29, 1.82) is 0 Å². The Morgan fingerprint density at radius 2 is 2.00 bits per heavy atom. The first-order valence-corrected chi connectivity index (χ1v) is 4.81. The van der Waals surface area contributed by atoms with E-state index in [0.29, 0.717) is 0 Å². The number of nitrogens with zero attached hydrogens (tertiary/aromatic N) is 1. The van der Waals surface area contributed by atoms with E-state index in [0.717, 1.165) is 5.57 Å². The summed E-state index contributed by atoms with van der Waals surface area (Å²) < 4.78 is 2.19. The Bertz CT molecular complexity index is 503. The number of hydrogen-bond acceptors (Lipinski definition) is 0. The van der Waals surface area contributed by atoms with Crippen LogP contribution in [0.1, 0.15) is 18.2 Å². The maximum absolute atomic E-state index is 3.98. The molecule has 0 aliphatic heterocycles. The summed E-state index contributed by atoms with van der Waals surface area (Å²) in [6, 6.07) is 8.72. The molecule has 1 aromatic carbocycles. The Morgan fingerprint density at radius 1 is 1.29 bits per heavy atom. The van der Waals surface area contributed by atoms with Crippen molar-refractivity contribution in [3.8, 4) is 0 Å². The Morgan fingerprint density at radius 3 is 2.64 bits per heavy atom. The Balaban J connectivity index is 2.79. The number of aryl methyl sites for hydroxylation is 2. The Labute approximate surface area is 84.7 Å². The van der Waals surface area contributed by atoms with Gasteiger partial charge in [-0.15, -0.1) is 0 Å². The predicted octanol–water partition coefficient (Wildman–Crippen LogP) is 3.52. The van der Waals surface area contributed by atoms with Gasteiger partial charge >= 0.3 is 0 Å². The smallest absolute Gasteiger partial charge is 0.0482 e. The number of rotatable bonds is 1. The van der Waals surface area contributed by atoms with Crippen molar-refractivity contribution in [2.24, 2.45) is 7.05 Å². The van der Waals surface area contributed by atoms with Crippen LogP contribution >= 0.6 is 0 Å². The van der Waals surface area contributed by atoms with Crippen LogP contribution in [0.3, 0.4) is 0 Å². The zero-order chi connectivity index (χ0) is 10.3. The predicted molar refractivity (Wildman–Crippen MR) is 62.4 cm³/mol. The molecule has 72 valence electrons. The molecule has 2 rings (SSSR count). The molecule has 0 spiro atoms. The second-order valence-electron chi connectivity index (χ2n) is 3.93. The van der Waals surface area contributed by atoms with E-state index in [-0.39, 0.29) is 0 Å². The van der Waals surface area contributed by atoms with Crippen LogP contribution in [0.5, 0.6) is 0 Å². The lowest BCUT2D eigenvalue weighted by Gasteiger charge is -2.02. The van der Waals surface area contributed by atoms with Crippen molar-refractivity contribution in [2.45, 2.75) is 13.8 Å². The molecule has 0 atom stereocenters. The first-order chi connectivity index (χ1) is 6.59. The molecule has 2 aromatic rings. The quantitative estimate of drug-likeness (QED) is 0.640. The van der Waals surface area contributed by atoms with Crippen molar-refractivity contribution < 1.29 is 0 Å². The van der Waals surface area contributed by atoms with Crippen molar-refractivity contribution in [2.75, 3.05) is 0 Å². The summed E-state index contributed by atoms with van der Waals surface area (Å²) in [4.78, 5) is 0. The van der Waals surface area contributed by atoms with Gasteiger partial charge in [0.2, 0.25) is 0 Å². The summed E-state index contributed by atoms with van der Waals surface area (Å²) in [6.45, 7) is 8.14. The van der Waals surface area contributed by atoms with Crippen molar-refractivity contribution >= 4 is 16.5 Å². The number of aromatic nitrogens is 1. The molecular formula is C13H15N. The maximum Gasteiger partial charge on any atom is 0.0482 e. The molecular weight excluding hydrogens is 170 g/mol. The van der Waals surface area contributed by atoms with Crippen molar-refractivity contribution in [3.63, 3.8) is 0 Å². The Kier molecular flexibility index (Phi) is 1.95. The number of hydrogen-bond donors (Lipinski definition) is 0. The molecule has 0 amide bonds. The molecule has 1 aromatic heterocycles. The van der Waals surface area contributed by atoms with Gasteiger partial charge in [-0.2, -0.15) is 0 Å². The van der Waals surface area contributed by atoms with Crippen LogP contribution in [0.4, 0.5) is 0 Å². The van der Waals surface area contributed by atoms with Crippen LogP contribution in [-0.4, -0.2) is 4.57 Å². The average molecular weight is 185 g/mol. The number of fused-ring (bicyclic) bond motifs is 1. The van der Waals surface area contributed by atoms with Gasteiger partial charge in [-0.1, -0.05) is 18.2 Å². The lowest BCUT2D eigenvalue weighted by molar-refractivity contribution is 0.947. The van der Waals surface area contributed by atoms with E-state index in [4.69, 9.17) is 0 Å². The highest BCUT2D eigenvalue weighted by Crippen LogP contribution is 2.23. The van der Waals surface area contributed by atoms with E-state index < -0.39 is 0 Å². The highest BCUT2D eigenvalue weighted by Gasteiger charge is 2.05. The van der Waals surface area contributed by atoms with E-state index in [2.05, 4.69) is 49.4 Å². The van der Waals surface area contributed by atoms with Crippen LogP contribution < -0.4 is 0 Å². The SMILES string of the molecule is C=C(C)c1cc2cc(C)ccc2n1C. The van der Waals surface area contributed by atoms with E-state index in [1.165, 1.54) is 22.2 Å². The first kappa shape index (κ1) is 9.07. The summed E-state index contributed by atoms with van der Waals surface area (Å²) in [5.41, 5.74) is 4.90. The minimum Gasteiger partial charge on any atom is -0.344 e. The molecule has 0 unspecified atom stereocenters. The molecule has 1 heterocycles. The van der Waals surface area contributed by atoms with Crippen LogP contribution in [0.25, 0.3) is 16.5 Å². The summed E-state index contributed by atoms with van der Waals surface area (Å²) in [6.07, 6.45) is 0. The fraction of sp³-hybridized carbons (Fsp3) is 0.231. The van der Waals surface area contributed by atoms with Gasteiger partial charge in [-0.3, -0.25) is 0 Å². The molecule has 0 bridgehead atoms. The monoisotopic (exact) mass is 185 g/mol. The standard InChI is InChI=1S/C13H15N/c1-9(2)13-8-11-7-10(3)5-6-12(11)14(13)4/h5-8H,1H2,2-4H3. The average Bonchev–Trinajstić information content (AvgIpc) is 2.43. The van der Waals surface area contributed by atoms with Gasteiger partial charge in [0.1, 0.15) is 0 Å². The normalized spacial score (nSPS) is 10.8. The van der Waals surface area contributed by atoms with Gasteiger partial charge in [0.05, 0.1) is 0 Å². The van der Waals surface area contributed by atoms with E-state index in [1.807, 2.05) is 6.92 Å². The fourth-order valence-electron chi connectivity index (χ4n) is 1.88. The molecule has 0 fully saturated rings. The van der Waals surface area contributed by atoms with Gasteiger partial charge in [-0.05, 0) is 37.6 Å². The fourth-order valence-corrected chi connectivity index (χ4v) is 1.88. The summed E-state index contributed by atoms with van der Waals surface area (Å²) in [7, 11) is 2.08. The summed E-state index contributed by atoms with van der Waals surface area (Å²) >= 11 is 0. The molecule has 0 radical (unpaired) electrons. The molecule has 1 heteroatoms. The topological polar surface area (TPSA) is 4.93 Å². The van der Waals surface area contributed by atoms with Crippen LogP contribution in [0.2, 0.25) is 0 Å². The number of allylic oxidation sites excluding steroid dienone is 1. The minimum absolute atomic E-state index is 1.11. The molecule has 0 aliphatic rings. The second kappa shape index (κ2) is 3.02. The third-order valence-electron chi connectivity index (χ3n) is 2.64. The van der Waals surface area contributed by atoms with Gasteiger partial charge < -0.3 is 4.57 Å². The van der Waals surface area contributed by atoms with Gasteiger partial charge in [-0.25, -0.2) is 0 Å². The van der Waals surface area contributed by atoms with Crippen LogP contribution in [-0.2, 0) is 7.05 Å². The van der Waals surface area contributed by atoms with Gasteiger partial charge in [0, 0.05) is 23.6 Å². The largest absolute Gasteiger partial charge is 0.344 e. The molecule has 0 N–H and O–H groups in total. The summed E-state index contributed by atoms with van der Waals surface area (Å²) in [5.74, 6) is 0. The van der Waals surface area contributed by atoms with E-state index in [1.54, 1.807) is 0 Å². The lowest BCUT2D eigenvalue weighted by Crippen LogP contribution is -1.92. The highest BCUT2D eigenvalue weighted by molar-refractivity contribution is 5.85. The molecule has 0 aliphatic carbocycles. The minimum atomic E-state index is 1.11. The molecule has 0 saturated heterocycles. The maximum atomic E-state index is 3.98. The Hall–Kier alpha value is -1.50. The van der Waals surface area contributed by atoms with Gasteiger partial charge in [0.25, 0.3) is 0 Å². The molecule has 0 saturated carbocycles. The molecule has 1 nitrogen and oxygen atoms in total.